The van der Waals surface area contributed by atoms with Crippen LogP contribution in [0.15, 0.2) is 96.1 Å². The van der Waals surface area contributed by atoms with Crippen molar-refractivity contribution in [3.8, 4) is 22.9 Å². The van der Waals surface area contributed by atoms with E-state index in [0.29, 0.717) is 127 Å². The fraction of sp³-hybridized carbons (Fsp3) is 0.422. The number of nitriles is 1. The number of benzene rings is 4. The number of anilines is 2. The fourth-order valence-corrected chi connectivity index (χ4v) is 13.2. The van der Waals surface area contributed by atoms with Crippen LogP contribution in [0.2, 0.25) is 10.0 Å². The number of hydrogen-bond donors (Lipinski definition) is 2. The first-order valence-corrected chi connectivity index (χ1v) is 29.9. The highest BCUT2D eigenvalue weighted by Crippen LogP contribution is 2.66. The van der Waals surface area contributed by atoms with Crippen LogP contribution in [0.3, 0.4) is 0 Å². The van der Waals surface area contributed by atoms with Crippen molar-refractivity contribution in [2.24, 2.45) is 4.99 Å². The lowest BCUT2D eigenvalue weighted by Crippen LogP contribution is -2.66. The molecule has 3 atom stereocenters. The van der Waals surface area contributed by atoms with Gasteiger partial charge in [-0.2, -0.15) is 10.4 Å². The van der Waals surface area contributed by atoms with E-state index in [0.717, 1.165) is 34.2 Å². The van der Waals surface area contributed by atoms with Gasteiger partial charge in [0.2, 0.25) is 5.91 Å². The van der Waals surface area contributed by atoms with Gasteiger partial charge >= 0.3 is 6.03 Å². The van der Waals surface area contributed by atoms with Crippen molar-refractivity contribution in [2.45, 2.75) is 89.5 Å². The van der Waals surface area contributed by atoms with E-state index in [9.17, 15) is 19.2 Å². The van der Waals surface area contributed by atoms with E-state index in [1.807, 2.05) is 71.3 Å². The number of carbonyl (C=O) groups excluding carboxylic acids is 3. The topological polar surface area (TPSA) is 200 Å². The second-order valence-electron chi connectivity index (χ2n) is 23.5. The lowest BCUT2D eigenvalue weighted by Gasteiger charge is -2.56. The molecule has 2 aromatic heterocycles. The number of amides is 4. The lowest BCUT2D eigenvalue weighted by atomic mass is 9.54. The molecule has 6 heterocycles. The average molecular weight is 1190 g/mol. The van der Waals surface area contributed by atoms with E-state index in [1.165, 1.54) is 27.8 Å². The molecule has 0 unspecified atom stereocenters. The number of pyridine rings is 1. The highest BCUT2D eigenvalue weighted by molar-refractivity contribution is 6.31. The van der Waals surface area contributed by atoms with Crippen molar-refractivity contribution in [1.82, 2.24) is 39.7 Å². The van der Waals surface area contributed by atoms with Crippen molar-refractivity contribution in [2.75, 3.05) is 96.5 Å². The molecule has 2 fully saturated rings. The number of nitrogen functional groups attached to an aromatic ring is 1. The zero-order chi connectivity index (χ0) is 60.0. The quantitative estimate of drug-likeness (QED) is 0.0871. The number of hydrogen-bond acceptors (Lipinski definition) is 13. The van der Waals surface area contributed by atoms with Crippen LogP contribution < -0.4 is 20.7 Å². The summed E-state index contributed by atoms with van der Waals surface area (Å²) in [6, 6.07) is 27.8. The van der Waals surface area contributed by atoms with E-state index in [-0.39, 0.29) is 73.5 Å². The first kappa shape index (κ1) is 59.1. The largest absolute Gasteiger partial charge is 0.493 e. The summed E-state index contributed by atoms with van der Waals surface area (Å²) in [6.45, 7) is 16.3. The Kier molecular flexibility index (Phi) is 16.7. The lowest BCUT2D eigenvalue weighted by molar-refractivity contribution is -0.122. The number of halogens is 3. The fourth-order valence-electron chi connectivity index (χ4n) is 12.9. The first-order valence-electron chi connectivity index (χ1n) is 29.1. The number of nitrogens with two attached hydrogens (primary N) is 1. The van der Waals surface area contributed by atoms with Gasteiger partial charge in [0, 0.05) is 92.2 Å². The second kappa shape index (κ2) is 24.0. The Morgan fingerprint density at radius 2 is 1.64 bits per heavy atom. The van der Waals surface area contributed by atoms with Crippen LogP contribution >= 0.6 is 23.2 Å². The molecule has 4 aromatic carbocycles. The van der Waals surface area contributed by atoms with Crippen molar-refractivity contribution in [3.05, 3.63) is 157 Å². The molecule has 3 N–H and O–H groups in total. The zero-order valence-electron chi connectivity index (χ0n) is 48.9. The molecule has 18 nitrogen and oxygen atoms in total. The van der Waals surface area contributed by atoms with Crippen LogP contribution in [0, 0.1) is 17.1 Å². The van der Waals surface area contributed by atoms with Crippen LogP contribution in [-0.4, -0.2) is 144 Å². The summed E-state index contributed by atoms with van der Waals surface area (Å²) in [6.07, 6.45) is 3.20. The number of ether oxygens (including phenoxy) is 3. The Morgan fingerprint density at radius 3 is 2.38 bits per heavy atom. The van der Waals surface area contributed by atoms with Crippen molar-refractivity contribution in [3.63, 3.8) is 0 Å². The molecular weight excluding hydrogens is 1120 g/mol. The molecule has 1 aliphatic carbocycles. The maximum atomic E-state index is 15.4. The molecule has 5 aliphatic rings. The molecule has 0 radical (unpaired) electrons. The van der Waals surface area contributed by atoms with Crippen LogP contribution in [0.4, 0.5) is 20.7 Å². The number of aromatic nitrogens is 3. The monoisotopic (exact) mass is 1190 g/mol. The number of carbonyl (C=O) groups is 3. The van der Waals surface area contributed by atoms with Crippen molar-refractivity contribution in [1.29, 1.82) is 5.26 Å². The molecular formula is C64H71Cl2FN12O6. The number of nitrogens with zero attached hydrogens (tertiary/aromatic N) is 10. The standard InChI is InChI=1S/C64H71Cl2FN12O6/c1-7-85-55-34-42(62(2,3)4)12-17-47(55)59-72-64(41-10-13-43(65)14-11-41)50-35-44(66)15-19-49(50)63(64,5)79(59)61(82)76-26-24-75(25-27-76)28-30-84-32-31-83-29-20-56(80)70-21-23-78-54(37-68)57-40-33-53(58(69)71-38-40)77-22-8-9-52(77)48-36-45(67)16-18-46(48)60(81)74(6)39-51(57)73-78/h10-19,33-36,38,52H,7-9,20-32,39H2,1-6H3,(H2,69,71)(H,70,80)/t52-,63-,64-/m1/s1. The van der Waals surface area contributed by atoms with Crippen LogP contribution in [0.5, 0.6) is 5.75 Å². The van der Waals surface area contributed by atoms with Gasteiger partial charge in [-0.3, -0.25) is 24.1 Å². The summed E-state index contributed by atoms with van der Waals surface area (Å²) < 4.78 is 34.4. The highest BCUT2D eigenvalue weighted by atomic mass is 35.5. The van der Waals surface area contributed by atoms with Crippen LogP contribution in [0.25, 0.3) is 11.1 Å². The highest BCUT2D eigenvalue weighted by Gasteiger charge is 2.71. The van der Waals surface area contributed by atoms with E-state index in [4.69, 9.17) is 53.2 Å². The number of amidine groups is 1. The normalized spacial score (nSPS) is 20.0. The number of aliphatic imine (C=N–C) groups is 1. The van der Waals surface area contributed by atoms with Gasteiger partial charge in [0.1, 0.15) is 46.1 Å². The molecule has 2 saturated heterocycles. The van der Waals surface area contributed by atoms with Gasteiger partial charge < -0.3 is 40.0 Å². The average Bonchev–Trinajstić information content (AvgIpc) is 1.56. The van der Waals surface area contributed by atoms with Gasteiger partial charge in [0.25, 0.3) is 5.91 Å². The van der Waals surface area contributed by atoms with Crippen molar-refractivity contribution < 1.29 is 33.0 Å². The first-order chi connectivity index (χ1) is 40.9. The molecule has 21 heteroatoms. The zero-order valence-corrected chi connectivity index (χ0v) is 50.4. The third kappa shape index (κ3) is 11.0. The summed E-state index contributed by atoms with van der Waals surface area (Å²) in [4.78, 5) is 62.3. The molecule has 4 amide bonds. The third-order valence-electron chi connectivity index (χ3n) is 17.3. The van der Waals surface area contributed by atoms with Gasteiger partial charge in [-0.25, -0.2) is 19.2 Å². The number of nitrogens with one attached hydrogen (secondary N) is 1. The summed E-state index contributed by atoms with van der Waals surface area (Å²) in [7, 11) is 1.66. The van der Waals surface area contributed by atoms with Gasteiger partial charge in [-0.1, -0.05) is 68.2 Å². The number of fused-ring (bicyclic) bond motifs is 12. The summed E-state index contributed by atoms with van der Waals surface area (Å²) in [5.74, 6) is 0.508. The second-order valence-corrected chi connectivity index (χ2v) is 24.3. The molecule has 444 valence electrons. The molecule has 11 rings (SSSR count). The Bertz CT molecular complexity index is 3630. The van der Waals surface area contributed by atoms with Gasteiger partial charge in [0.15, 0.2) is 0 Å². The SMILES string of the molecule is CCOc1cc(C(C)(C)C)ccc1C1=N[C@]2(c3ccc(Cl)cc3)c3cc(Cl)ccc3[C@@]2(C)N1C(=O)N1CCN(CCOCCOCCC(=O)NCCn2nc3c(c2C#N)-c2cnc(N)c(c2)N2CCC[C@@H]2c2cc(F)ccc2C(=O)N(C)C3)CC1. The molecule has 2 bridgehead atoms. The molecule has 85 heavy (non-hydrogen) atoms. The summed E-state index contributed by atoms with van der Waals surface area (Å²) in [5, 5.41) is 19.5. The third-order valence-corrected chi connectivity index (χ3v) is 17.8. The molecule has 0 saturated carbocycles. The van der Waals surface area contributed by atoms with E-state index in [2.05, 4.69) is 66.0 Å². The Balaban J connectivity index is 0.670. The predicted molar refractivity (Wildman–Crippen MR) is 325 cm³/mol. The summed E-state index contributed by atoms with van der Waals surface area (Å²) in [5.41, 5.74) is 12.5. The van der Waals surface area contributed by atoms with E-state index in [1.54, 1.807) is 13.2 Å². The molecule has 0 spiro atoms. The predicted octanol–water partition coefficient (Wildman–Crippen LogP) is 9.68. The maximum Gasteiger partial charge on any atom is 0.326 e. The minimum Gasteiger partial charge on any atom is -0.493 e. The van der Waals surface area contributed by atoms with E-state index >= 15 is 4.79 Å². The Morgan fingerprint density at radius 1 is 0.894 bits per heavy atom. The molecule has 4 aliphatic heterocycles. The minimum atomic E-state index is -0.983. The summed E-state index contributed by atoms with van der Waals surface area (Å²) >= 11 is 13.2. The maximum absolute atomic E-state index is 15.4. The van der Waals surface area contributed by atoms with E-state index < -0.39 is 16.9 Å². The Hall–Kier alpha value is -7.60. The molecule has 6 aromatic rings. The number of urea groups is 1. The minimum absolute atomic E-state index is 0.0518. The van der Waals surface area contributed by atoms with Gasteiger partial charge in [0.05, 0.1) is 69.1 Å². The smallest absolute Gasteiger partial charge is 0.326 e. The van der Waals surface area contributed by atoms with Gasteiger partial charge in [-0.15, -0.1) is 0 Å². The Labute approximate surface area is 505 Å². The van der Waals surface area contributed by atoms with Crippen LogP contribution in [0.1, 0.15) is 115 Å². The van der Waals surface area contributed by atoms with Crippen molar-refractivity contribution >= 4 is 58.4 Å². The number of piperazine rings is 1. The van der Waals surface area contributed by atoms with Crippen LogP contribution in [-0.2, 0) is 43.9 Å². The van der Waals surface area contributed by atoms with Gasteiger partial charge in [-0.05, 0) is 121 Å². The number of rotatable bonds is 16.